The van der Waals surface area contributed by atoms with Gasteiger partial charge in [0, 0.05) is 29.7 Å². The molecule has 2 aromatic carbocycles. The second-order valence-electron chi connectivity index (χ2n) is 7.41. The molecule has 1 N–H and O–H groups in total. The van der Waals surface area contributed by atoms with Gasteiger partial charge >= 0.3 is 0 Å². The van der Waals surface area contributed by atoms with Gasteiger partial charge in [0.2, 0.25) is 0 Å². The number of anilines is 2. The van der Waals surface area contributed by atoms with Crippen LogP contribution >= 0.6 is 22.7 Å². The maximum absolute atomic E-state index is 12.8. The molecule has 1 saturated heterocycles. The van der Waals surface area contributed by atoms with E-state index in [-0.39, 0.29) is 5.91 Å². The lowest BCUT2D eigenvalue weighted by Crippen LogP contribution is -2.36. The van der Waals surface area contributed by atoms with Crippen molar-refractivity contribution in [3.8, 4) is 5.75 Å². The van der Waals surface area contributed by atoms with Crippen molar-refractivity contribution in [1.82, 2.24) is 9.97 Å². The van der Waals surface area contributed by atoms with Crippen LogP contribution in [-0.4, -0.2) is 42.2 Å². The minimum absolute atomic E-state index is 0.183. The van der Waals surface area contributed by atoms with Crippen molar-refractivity contribution in [3.63, 3.8) is 0 Å². The maximum atomic E-state index is 12.8. The van der Waals surface area contributed by atoms with E-state index < -0.39 is 0 Å². The number of carbonyl (C=O) groups excluding carboxylic acids is 1. The maximum Gasteiger partial charge on any atom is 0.255 e. The molecular formula is C23H22N4O3S2. The van der Waals surface area contributed by atoms with Gasteiger partial charge in [-0.15, -0.1) is 11.3 Å². The van der Waals surface area contributed by atoms with Crippen LogP contribution in [0.1, 0.15) is 21.1 Å². The average Bonchev–Trinajstić information content (AvgIpc) is 3.44. The molecular weight excluding hydrogens is 444 g/mol. The monoisotopic (exact) mass is 466 g/mol. The molecule has 0 aliphatic carbocycles. The van der Waals surface area contributed by atoms with Crippen molar-refractivity contribution >= 4 is 49.6 Å². The number of morpholine rings is 1. The number of rotatable bonds is 6. The zero-order valence-electron chi connectivity index (χ0n) is 17.5. The number of ether oxygens (including phenoxy) is 2. The van der Waals surface area contributed by atoms with Crippen LogP contribution < -0.4 is 15.0 Å². The van der Waals surface area contributed by atoms with Gasteiger partial charge in [0.05, 0.1) is 34.1 Å². The van der Waals surface area contributed by atoms with Gasteiger partial charge in [0.25, 0.3) is 5.91 Å². The summed E-state index contributed by atoms with van der Waals surface area (Å²) in [5, 5.41) is 6.96. The number of nitrogens with one attached hydrogen (secondary N) is 1. The van der Waals surface area contributed by atoms with Crippen LogP contribution in [0.15, 0.2) is 47.8 Å². The van der Waals surface area contributed by atoms with Crippen LogP contribution in [0.5, 0.6) is 5.75 Å². The molecule has 1 fully saturated rings. The van der Waals surface area contributed by atoms with E-state index in [4.69, 9.17) is 14.5 Å². The lowest BCUT2D eigenvalue weighted by molar-refractivity contribution is 0.102. The van der Waals surface area contributed by atoms with Crippen LogP contribution in [0, 0.1) is 6.92 Å². The quantitative estimate of drug-likeness (QED) is 0.443. The third-order valence-corrected chi connectivity index (χ3v) is 6.97. The first-order valence-corrected chi connectivity index (χ1v) is 12.0. The second kappa shape index (κ2) is 9.23. The van der Waals surface area contributed by atoms with Gasteiger partial charge in [-0.2, -0.15) is 0 Å². The SMILES string of the molecule is Cc1nc(COc2cccc(C(=O)Nc3ccc4nc(N5CCOCC5)sc4c3)c2)cs1. The summed E-state index contributed by atoms with van der Waals surface area (Å²) in [6, 6.07) is 13.0. The predicted octanol–water partition coefficient (Wildman–Crippen LogP) is 4.73. The van der Waals surface area contributed by atoms with Crippen LogP contribution in [0.25, 0.3) is 10.2 Å². The number of aromatic nitrogens is 2. The summed E-state index contributed by atoms with van der Waals surface area (Å²) in [6.45, 7) is 5.50. The Kier molecular flexibility index (Phi) is 6.02. The van der Waals surface area contributed by atoms with Crippen molar-refractivity contribution in [3.05, 3.63) is 64.1 Å². The van der Waals surface area contributed by atoms with Crippen molar-refractivity contribution in [2.75, 3.05) is 36.5 Å². The molecule has 0 spiro atoms. The number of carbonyl (C=O) groups is 1. The Balaban J connectivity index is 1.26. The average molecular weight is 467 g/mol. The summed E-state index contributed by atoms with van der Waals surface area (Å²) in [5.74, 6) is 0.452. The number of fused-ring (bicyclic) bond motifs is 1. The molecule has 32 heavy (non-hydrogen) atoms. The largest absolute Gasteiger partial charge is 0.487 e. The smallest absolute Gasteiger partial charge is 0.255 e. The standard InChI is InChI=1S/C23H22N4O3S2/c1-15-24-18(14-31-15)13-30-19-4-2-3-16(11-19)22(28)25-17-5-6-20-21(12-17)32-23(26-20)27-7-9-29-10-8-27/h2-6,11-12,14H,7-10,13H2,1H3,(H,25,28). The van der Waals surface area contributed by atoms with Gasteiger partial charge in [-0.05, 0) is 43.3 Å². The fourth-order valence-electron chi connectivity index (χ4n) is 3.44. The van der Waals surface area contributed by atoms with Crippen LogP contribution in [-0.2, 0) is 11.3 Å². The van der Waals surface area contributed by atoms with E-state index in [1.54, 1.807) is 34.8 Å². The highest BCUT2D eigenvalue weighted by atomic mass is 32.1. The number of benzene rings is 2. The number of hydrogen-bond donors (Lipinski definition) is 1. The van der Waals surface area contributed by atoms with Crippen molar-refractivity contribution in [2.45, 2.75) is 13.5 Å². The zero-order chi connectivity index (χ0) is 21.9. The Morgan fingerprint density at radius 3 is 2.88 bits per heavy atom. The summed E-state index contributed by atoms with van der Waals surface area (Å²) >= 11 is 3.22. The molecule has 1 aliphatic rings. The molecule has 0 radical (unpaired) electrons. The molecule has 164 valence electrons. The topological polar surface area (TPSA) is 76.6 Å². The number of thiazole rings is 2. The molecule has 3 heterocycles. The summed E-state index contributed by atoms with van der Waals surface area (Å²) < 4.78 is 12.3. The molecule has 0 atom stereocenters. The van der Waals surface area contributed by atoms with E-state index in [2.05, 4.69) is 15.2 Å². The van der Waals surface area contributed by atoms with E-state index in [1.165, 1.54) is 0 Å². The number of hydrogen-bond acceptors (Lipinski definition) is 8. The highest BCUT2D eigenvalue weighted by Crippen LogP contribution is 2.31. The van der Waals surface area contributed by atoms with Crippen LogP contribution in [0.4, 0.5) is 10.8 Å². The Hall–Kier alpha value is -3.01. The normalized spacial score (nSPS) is 14.0. The van der Waals surface area contributed by atoms with E-state index >= 15 is 0 Å². The van der Waals surface area contributed by atoms with Gasteiger partial charge in [0.1, 0.15) is 12.4 Å². The minimum Gasteiger partial charge on any atom is -0.487 e. The molecule has 0 bridgehead atoms. The Labute approximate surface area is 193 Å². The number of amides is 1. The van der Waals surface area contributed by atoms with Gasteiger partial charge in [-0.25, -0.2) is 9.97 Å². The molecule has 0 unspecified atom stereocenters. The summed E-state index contributed by atoms with van der Waals surface area (Å²) in [5.41, 5.74) is 3.10. The molecule has 7 nitrogen and oxygen atoms in total. The Morgan fingerprint density at radius 1 is 1.19 bits per heavy atom. The van der Waals surface area contributed by atoms with Crippen LogP contribution in [0.3, 0.4) is 0 Å². The first-order valence-electron chi connectivity index (χ1n) is 10.3. The number of aryl methyl sites for hydroxylation is 1. The van der Waals surface area contributed by atoms with E-state index in [0.29, 0.717) is 17.9 Å². The predicted molar refractivity (Wildman–Crippen MR) is 128 cm³/mol. The fraction of sp³-hybridized carbons (Fsp3) is 0.261. The minimum atomic E-state index is -0.183. The number of nitrogens with zero attached hydrogens (tertiary/aromatic N) is 3. The van der Waals surface area contributed by atoms with Gasteiger partial charge < -0.3 is 19.7 Å². The highest BCUT2D eigenvalue weighted by molar-refractivity contribution is 7.22. The molecule has 5 rings (SSSR count). The van der Waals surface area contributed by atoms with Crippen molar-refractivity contribution < 1.29 is 14.3 Å². The van der Waals surface area contributed by atoms with Gasteiger partial charge in [-0.3, -0.25) is 4.79 Å². The van der Waals surface area contributed by atoms with Gasteiger partial charge in [-0.1, -0.05) is 17.4 Å². The van der Waals surface area contributed by atoms with E-state index in [9.17, 15) is 4.79 Å². The first-order chi connectivity index (χ1) is 15.6. The first kappa shape index (κ1) is 20.9. The Bertz CT molecular complexity index is 1250. The van der Waals surface area contributed by atoms with E-state index in [0.717, 1.165) is 58.0 Å². The van der Waals surface area contributed by atoms with Crippen molar-refractivity contribution in [1.29, 1.82) is 0 Å². The third-order valence-electron chi connectivity index (χ3n) is 5.07. The Morgan fingerprint density at radius 2 is 2.06 bits per heavy atom. The third kappa shape index (κ3) is 4.74. The summed E-state index contributed by atoms with van der Waals surface area (Å²) in [6.07, 6.45) is 0. The molecule has 1 amide bonds. The summed E-state index contributed by atoms with van der Waals surface area (Å²) in [7, 11) is 0. The molecule has 9 heteroatoms. The van der Waals surface area contributed by atoms with E-state index in [1.807, 2.05) is 42.6 Å². The van der Waals surface area contributed by atoms with Gasteiger partial charge in [0.15, 0.2) is 5.13 Å². The molecule has 2 aromatic heterocycles. The molecule has 0 saturated carbocycles. The lowest BCUT2D eigenvalue weighted by atomic mass is 10.2. The second-order valence-corrected chi connectivity index (χ2v) is 9.48. The lowest BCUT2D eigenvalue weighted by Gasteiger charge is -2.25. The molecule has 1 aliphatic heterocycles. The summed E-state index contributed by atoms with van der Waals surface area (Å²) in [4.78, 5) is 24.2. The van der Waals surface area contributed by atoms with Crippen molar-refractivity contribution in [2.24, 2.45) is 0 Å². The van der Waals surface area contributed by atoms with Crippen LogP contribution in [0.2, 0.25) is 0 Å². The fourth-order valence-corrected chi connectivity index (χ4v) is 5.10. The zero-order valence-corrected chi connectivity index (χ0v) is 19.2. The molecule has 4 aromatic rings. The highest BCUT2D eigenvalue weighted by Gasteiger charge is 2.16.